The maximum atomic E-state index is 13.1. The SMILES string of the molecule is CCC(C)CCCCCCCCCCCCCCCCCCCCC(=O)O[C@H](COC(=O)CCCCCCCCCCCCC(C)CC)COP(=O)(O)OC[C@@H](O)COP(=O)(O)OC[C@@H](COC(=O)CCCCCCCCCCC(C)CC)OC(=O)CCCCCCCCCCCCC(C)CC. The molecule has 19 heteroatoms. The van der Waals surface area contributed by atoms with Crippen LogP contribution in [0.4, 0.5) is 0 Å². The van der Waals surface area contributed by atoms with Crippen LogP contribution in [0.1, 0.15) is 428 Å². The predicted molar refractivity (Wildman–Crippen MR) is 418 cm³/mol. The number of esters is 4. The van der Waals surface area contributed by atoms with E-state index in [-0.39, 0.29) is 25.7 Å². The van der Waals surface area contributed by atoms with Crippen LogP contribution in [-0.4, -0.2) is 96.7 Å². The number of aliphatic hydroxyl groups excluding tert-OH is 1. The Morgan fingerprint density at radius 1 is 0.265 bits per heavy atom. The fraction of sp³-hybridized carbons (Fsp3) is 0.952. The first-order valence-corrected chi connectivity index (χ1v) is 45.8. The van der Waals surface area contributed by atoms with Crippen molar-refractivity contribution in [1.29, 1.82) is 0 Å². The normalized spacial score (nSPS) is 15.0. The fourth-order valence-corrected chi connectivity index (χ4v) is 14.2. The first-order chi connectivity index (χ1) is 49.2. The van der Waals surface area contributed by atoms with Gasteiger partial charge < -0.3 is 33.8 Å². The van der Waals surface area contributed by atoms with E-state index in [1.54, 1.807) is 0 Å². The molecule has 0 bridgehead atoms. The lowest BCUT2D eigenvalue weighted by Crippen LogP contribution is -2.30. The predicted octanol–water partition coefficient (Wildman–Crippen LogP) is 24.8. The monoisotopic (exact) mass is 1490 g/mol. The average Bonchev–Trinajstić information content (AvgIpc) is 0.917. The lowest BCUT2D eigenvalue weighted by Gasteiger charge is -2.21. The number of carbonyl (C=O) groups is 4. The number of phosphoric acid groups is 2. The van der Waals surface area contributed by atoms with Crippen molar-refractivity contribution in [2.24, 2.45) is 23.7 Å². The van der Waals surface area contributed by atoms with E-state index >= 15 is 0 Å². The third-order valence-corrected chi connectivity index (χ3v) is 22.7. The highest BCUT2D eigenvalue weighted by atomic mass is 31.2. The fourth-order valence-electron chi connectivity index (χ4n) is 12.7. The van der Waals surface area contributed by atoms with Gasteiger partial charge in [-0.15, -0.1) is 0 Å². The van der Waals surface area contributed by atoms with E-state index < -0.39 is 97.5 Å². The quantitative estimate of drug-likeness (QED) is 0.0222. The van der Waals surface area contributed by atoms with E-state index in [9.17, 15) is 43.2 Å². The van der Waals surface area contributed by atoms with E-state index in [4.69, 9.17) is 37.0 Å². The summed E-state index contributed by atoms with van der Waals surface area (Å²) in [7, 11) is -9.93. The molecule has 0 amide bonds. The Morgan fingerprint density at radius 2 is 0.441 bits per heavy atom. The zero-order valence-electron chi connectivity index (χ0n) is 67.2. The Morgan fingerprint density at radius 3 is 0.647 bits per heavy atom. The molecule has 102 heavy (non-hydrogen) atoms. The summed E-state index contributed by atoms with van der Waals surface area (Å²) in [5.41, 5.74) is 0. The molecule has 0 heterocycles. The largest absolute Gasteiger partial charge is 0.472 e. The van der Waals surface area contributed by atoms with Crippen LogP contribution in [0.15, 0.2) is 0 Å². The maximum absolute atomic E-state index is 13.1. The zero-order chi connectivity index (χ0) is 75.3. The Hall–Kier alpha value is -1.94. The molecular weight excluding hydrogens is 1330 g/mol. The topological polar surface area (TPSA) is 237 Å². The Balaban J connectivity index is 5.25. The van der Waals surface area contributed by atoms with E-state index in [0.717, 1.165) is 114 Å². The second kappa shape index (κ2) is 72.0. The molecule has 0 aliphatic rings. The van der Waals surface area contributed by atoms with Gasteiger partial charge in [0.1, 0.15) is 19.3 Å². The molecule has 0 rings (SSSR count). The number of ether oxygens (including phenoxy) is 4. The highest BCUT2D eigenvalue weighted by molar-refractivity contribution is 7.47. The summed E-state index contributed by atoms with van der Waals surface area (Å²) in [6, 6.07) is 0. The summed E-state index contributed by atoms with van der Waals surface area (Å²) in [5.74, 6) is 1.15. The lowest BCUT2D eigenvalue weighted by atomic mass is 9.99. The van der Waals surface area contributed by atoms with Gasteiger partial charge in [0, 0.05) is 25.7 Å². The molecule has 0 fully saturated rings. The molecule has 0 aromatic rings. The van der Waals surface area contributed by atoms with Gasteiger partial charge in [-0.25, -0.2) is 9.13 Å². The molecule has 0 radical (unpaired) electrons. The van der Waals surface area contributed by atoms with Crippen molar-refractivity contribution in [2.45, 2.75) is 446 Å². The summed E-state index contributed by atoms with van der Waals surface area (Å²) in [5, 5.41) is 10.7. The van der Waals surface area contributed by atoms with E-state index in [2.05, 4.69) is 55.4 Å². The molecule has 0 saturated carbocycles. The van der Waals surface area contributed by atoms with Gasteiger partial charge >= 0.3 is 39.5 Å². The number of carbonyl (C=O) groups excluding carboxylic acids is 4. The van der Waals surface area contributed by atoms with Crippen molar-refractivity contribution in [1.82, 2.24) is 0 Å². The second-order valence-electron chi connectivity index (χ2n) is 30.8. The summed E-state index contributed by atoms with van der Waals surface area (Å²) in [6.07, 6.45) is 59.4. The van der Waals surface area contributed by atoms with Crippen molar-refractivity contribution >= 4 is 39.5 Å². The molecule has 606 valence electrons. The van der Waals surface area contributed by atoms with E-state index in [1.165, 1.54) is 231 Å². The average molecular weight is 1490 g/mol. The molecule has 17 nitrogen and oxygen atoms in total. The van der Waals surface area contributed by atoms with Gasteiger partial charge in [-0.3, -0.25) is 37.3 Å². The molecule has 0 aromatic heterocycles. The molecule has 3 N–H and O–H groups in total. The number of unbranched alkanes of at least 4 members (excludes halogenated alkanes) is 42. The number of aliphatic hydroxyl groups is 1. The summed E-state index contributed by atoms with van der Waals surface area (Å²) < 4.78 is 68.8. The number of rotatable bonds is 80. The van der Waals surface area contributed by atoms with Crippen LogP contribution in [0.3, 0.4) is 0 Å². The molecule has 0 spiro atoms. The van der Waals surface area contributed by atoms with Crippen molar-refractivity contribution in [2.75, 3.05) is 39.6 Å². The highest BCUT2D eigenvalue weighted by Gasteiger charge is 2.30. The second-order valence-corrected chi connectivity index (χ2v) is 33.7. The van der Waals surface area contributed by atoms with Crippen molar-refractivity contribution < 1.29 is 80.2 Å². The third-order valence-electron chi connectivity index (χ3n) is 20.8. The first-order valence-electron chi connectivity index (χ1n) is 42.9. The van der Waals surface area contributed by atoms with Gasteiger partial charge in [-0.1, -0.05) is 376 Å². The number of hydrogen-bond acceptors (Lipinski definition) is 15. The Kier molecular flexibility index (Phi) is 70.6. The van der Waals surface area contributed by atoms with Crippen LogP contribution < -0.4 is 0 Å². The molecule has 0 aromatic carbocycles. The van der Waals surface area contributed by atoms with Gasteiger partial charge in [-0.05, 0) is 49.4 Å². The van der Waals surface area contributed by atoms with Gasteiger partial charge in [0.2, 0.25) is 0 Å². The Labute approximate surface area is 626 Å². The number of hydrogen-bond donors (Lipinski definition) is 3. The smallest absolute Gasteiger partial charge is 0.462 e. The molecule has 0 saturated heterocycles. The van der Waals surface area contributed by atoms with Crippen LogP contribution in [0, 0.1) is 23.7 Å². The third kappa shape index (κ3) is 71.0. The Bertz CT molecular complexity index is 2000. The minimum Gasteiger partial charge on any atom is -0.462 e. The van der Waals surface area contributed by atoms with E-state index in [1.807, 2.05) is 0 Å². The van der Waals surface area contributed by atoms with Crippen molar-refractivity contribution in [3.05, 3.63) is 0 Å². The lowest BCUT2D eigenvalue weighted by molar-refractivity contribution is -0.161. The standard InChI is InChI=1S/C83H162O17P2/c1-9-73(5)59-51-43-35-27-21-19-17-15-13-14-16-18-20-22-31-41-49-57-65-82(87)99-78(69-93-80(85)63-55-47-39-30-25-23-28-36-44-52-60-74(6)10-2)71-97-101(89,90)95-67-77(84)68-96-102(91,92)98-72-79(70-94-81(86)64-56-48-40-34-33-38-46-54-62-76(8)12-4)100-83(88)66-58-50-42-32-26-24-29-37-45-53-61-75(7)11-3/h73-79,84H,9-72H2,1-8H3,(H,89,90)(H,91,92)/t73?,74?,75?,76?,77-,78-,79-/m1/s1. The van der Waals surface area contributed by atoms with Crippen LogP contribution in [-0.2, 0) is 65.4 Å². The summed E-state index contributed by atoms with van der Waals surface area (Å²) in [6.45, 7) is 14.4. The molecule has 9 atom stereocenters. The number of phosphoric ester groups is 2. The minimum absolute atomic E-state index is 0.106. The molecule has 6 unspecified atom stereocenters. The van der Waals surface area contributed by atoms with Crippen molar-refractivity contribution in [3.63, 3.8) is 0 Å². The van der Waals surface area contributed by atoms with Gasteiger partial charge in [0.15, 0.2) is 12.2 Å². The van der Waals surface area contributed by atoms with Gasteiger partial charge in [0.25, 0.3) is 0 Å². The van der Waals surface area contributed by atoms with E-state index in [0.29, 0.717) is 25.7 Å². The molecular formula is C83H162O17P2. The minimum atomic E-state index is -4.96. The van der Waals surface area contributed by atoms with Crippen LogP contribution >= 0.6 is 15.6 Å². The first kappa shape index (κ1) is 100. The van der Waals surface area contributed by atoms with Crippen LogP contribution in [0.5, 0.6) is 0 Å². The summed E-state index contributed by atoms with van der Waals surface area (Å²) in [4.78, 5) is 73.1. The highest BCUT2D eigenvalue weighted by Crippen LogP contribution is 2.45. The maximum Gasteiger partial charge on any atom is 0.472 e. The molecule has 0 aliphatic carbocycles. The van der Waals surface area contributed by atoms with Crippen LogP contribution in [0.25, 0.3) is 0 Å². The van der Waals surface area contributed by atoms with Gasteiger partial charge in [-0.2, -0.15) is 0 Å². The van der Waals surface area contributed by atoms with Gasteiger partial charge in [0.05, 0.1) is 26.4 Å². The van der Waals surface area contributed by atoms with Crippen LogP contribution in [0.2, 0.25) is 0 Å². The zero-order valence-corrected chi connectivity index (χ0v) is 69.0. The summed E-state index contributed by atoms with van der Waals surface area (Å²) >= 11 is 0. The molecule has 0 aliphatic heterocycles. The van der Waals surface area contributed by atoms with Crippen molar-refractivity contribution in [3.8, 4) is 0 Å².